The van der Waals surface area contributed by atoms with Crippen molar-refractivity contribution in [2.24, 2.45) is 0 Å². The largest absolute Gasteiger partial charge is 0.314 e. The highest BCUT2D eigenvalue weighted by atomic mass is 32.2. The van der Waals surface area contributed by atoms with Gasteiger partial charge in [0.1, 0.15) is 0 Å². The van der Waals surface area contributed by atoms with E-state index < -0.39 is 10.2 Å². The molecule has 3 saturated heterocycles. The molecule has 3 fully saturated rings. The highest BCUT2D eigenvalue weighted by Crippen LogP contribution is 2.23. The van der Waals surface area contributed by atoms with E-state index in [-0.39, 0.29) is 0 Å². The Balaban J connectivity index is 1.56. The summed E-state index contributed by atoms with van der Waals surface area (Å²) in [6, 6.07) is 0.604. The molecule has 0 aromatic heterocycles. The normalized spacial score (nSPS) is 29.0. The average Bonchev–Trinajstić information content (AvgIpc) is 3.02. The van der Waals surface area contributed by atoms with Gasteiger partial charge in [0, 0.05) is 45.3 Å². The van der Waals surface area contributed by atoms with Crippen LogP contribution in [-0.4, -0.2) is 80.3 Å². The third-order valence-electron chi connectivity index (χ3n) is 4.81. The third kappa shape index (κ3) is 3.01. The first kappa shape index (κ1) is 14.7. The zero-order chi connectivity index (χ0) is 14.0. The number of piperazine rings is 1. The highest BCUT2D eigenvalue weighted by molar-refractivity contribution is 7.86. The molecule has 7 heteroatoms. The summed E-state index contributed by atoms with van der Waals surface area (Å²) < 4.78 is 28.5. The fraction of sp³-hybridized carbons (Fsp3) is 1.00. The lowest BCUT2D eigenvalue weighted by Gasteiger charge is -2.38. The van der Waals surface area contributed by atoms with Gasteiger partial charge in [-0.25, -0.2) is 0 Å². The molecule has 1 N–H and O–H groups in total. The number of hydrogen-bond donors (Lipinski definition) is 1. The van der Waals surface area contributed by atoms with E-state index in [2.05, 4.69) is 10.2 Å². The first-order chi connectivity index (χ1) is 9.68. The van der Waals surface area contributed by atoms with Crippen LogP contribution in [-0.2, 0) is 10.2 Å². The Bertz CT molecular complexity index is 408. The lowest BCUT2D eigenvalue weighted by Crippen LogP contribution is -2.54. The van der Waals surface area contributed by atoms with Gasteiger partial charge >= 0.3 is 0 Å². The van der Waals surface area contributed by atoms with Crippen molar-refractivity contribution in [2.75, 3.05) is 52.4 Å². The number of rotatable bonds is 3. The molecular formula is C13H26N4O2S. The summed E-state index contributed by atoms with van der Waals surface area (Å²) >= 11 is 0. The van der Waals surface area contributed by atoms with Crippen LogP contribution in [0.5, 0.6) is 0 Å². The quantitative estimate of drug-likeness (QED) is 0.777. The van der Waals surface area contributed by atoms with Gasteiger partial charge in [-0.2, -0.15) is 17.0 Å². The maximum atomic E-state index is 12.6. The van der Waals surface area contributed by atoms with E-state index in [1.807, 2.05) is 0 Å². The summed E-state index contributed by atoms with van der Waals surface area (Å²) in [4.78, 5) is 2.55. The molecule has 0 aliphatic carbocycles. The van der Waals surface area contributed by atoms with Crippen molar-refractivity contribution in [3.8, 4) is 0 Å². The van der Waals surface area contributed by atoms with Gasteiger partial charge in [-0.05, 0) is 38.8 Å². The molecule has 0 bridgehead atoms. The van der Waals surface area contributed by atoms with Gasteiger partial charge in [0.05, 0.1) is 0 Å². The third-order valence-corrected chi connectivity index (χ3v) is 6.84. The molecule has 6 nitrogen and oxygen atoms in total. The molecule has 3 heterocycles. The zero-order valence-corrected chi connectivity index (χ0v) is 12.9. The molecule has 3 rings (SSSR count). The predicted octanol–water partition coefficient (Wildman–Crippen LogP) is -0.303. The molecule has 0 unspecified atom stereocenters. The first-order valence-corrected chi connectivity index (χ1v) is 9.27. The second-order valence-electron chi connectivity index (χ2n) is 6.03. The summed E-state index contributed by atoms with van der Waals surface area (Å²) in [5.41, 5.74) is 0. The molecular weight excluding hydrogens is 276 g/mol. The predicted molar refractivity (Wildman–Crippen MR) is 78.8 cm³/mol. The molecule has 3 aliphatic heterocycles. The monoisotopic (exact) mass is 302 g/mol. The minimum absolute atomic E-state index is 0.604. The molecule has 0 atom stereocenters. The van der Waals surface area contributed by atoms with Crippen LogP contribution in [0.3, 0.4) is 0 Å². The van der Waals surface area contributed by atoms with Crippen molar-refractivity contribution in [3.05, 3.63) is 0 Å². The van der Waals surface area contributed by atoms with Gasteiger partial charge in [-0.1, -0.05) is 0 Å². The standard InChI is InChI=1S/C13H26N4O2S/c18-20(19,17-11-5-14-6-12-17)16-9-3-13(4-10-16)15-7-1-2-8-15/h13-14H,1-12H2. The van der Waals surface area contributed by atoms with Gasteiger partial charge in [-0.3, -0.25) is 0 Å². The number of piperidine rings is 1. The van der Waals surface area contributed by atoms with E-state index in [9.17, 15) is 8.42 Å². The number of nitrogens with zero attached hydrogens (tertiary/aromatic N) is 3. The molecule has 3 aliphatic rings. The van der Waals surface area contributed by atoms with E-state index in [1.165, 1.54) is 25.9 Å². The number of nitrogens with one attached hydrogen (secondary N) is 1. The molecule has 0 amide bonds. The Hall–Kier alpha value is -0.210. The van der Waals surface area contributed by atoms with Gasteiger partial charge in [0.25, 0.3) is 10.2 Å². The topological polar surface area (TPSA) is 55.9 Å². The molecule has 0 saturated carbocycles. The zero-order valence-electron chi connectivity index (χ0n) is 12.1. The van der Waals surface area contributed by atoms with E-state index in [0.29, 0.717) is 32.2 Å². The van der Waals surface area contributed by atoms with Crippen molar-refractivity contribution in [3.63, 3.8) is 0 Å². The Morgan fingerprint density at radius 1 is 0.800 bits per heavy atom. The number of likely N-dealkylation sites (tertiary alicyclic amines) is 1. The van der Waals surface area contributed by atoms with Crippen LogP contribution in [0.25, 0.3) is 0 Å². The van der Waals surface area contributed by atoms with Crippen LogP contribution in [0.4, 0.5) is 0 Å². The molecule has 0 aromatic rings. The van der Waals surface area contributed by atoms with Crippen molar-refractivity contribution in [1.29, 1.82) is 0 Å². The molecule has 0 aromatic carbocycles. The van der Waals surface area contributed by atoms with Gasteiger partial charge in [0.2, 0.25) is 0 Å². The molecule has 20 heavy (non-hydrogen) atoms. The average molecular weight is 302 g/mol. The van der Waals surface area contributed by atoms with Crippen LogP contribution in [0.15, 0.2) is 0 Å². The lowest BCUT2D eigenvalue weighted by atomic mass is 10.1. The second kappa shape index (κ2) is 6.27. The lowest BCUT2D eigenvalue weighted by molar-refractivity contribution is 0.162. The Labute approximate surface area is 122 Å². The van der Waals surface area contributed by atoms with Crippen LogP contribution >= 0.6 is 0 Å². The van der Waals surface area contributed by atoms with E-state index >= 15 is 0 Å². The fourth-order valence-electron chi connectivity index (χ4n) is 3.58. The Morgan fingerprint density at radius 3 is 1.95 bits per heavy atom. The van der Waals surface area contributed by atoms with E-state index in [1.54, 1.807) is 8.61 Å². The minimum Gasteiger partial charge on any atom is -0.314 e. The van der Waals surface area contributed by atoms with Crippen molar-refractivity contribution in [2.45, 2.75) is 31.7 Å². The maximum Gasteiger partial charge on any atom is 0.282 e. The summed E-state index contributed by atoms with van der Waals surface area (Å²) in [7, 11) is -3.22. The van der Waals surface area contributed by atoms with E-state index in [0.717, 1.165) is 25.9 Å². The summed E-state index contributed by atoms with van der Waals surface area (Å²) in [6.45, 7) is 6.53. The summed E-state index contributed by atoms with van der Waals surface area (Å²) in [6.07, 6.45) is 4.59. The van der Waals surface area contributed by atoms with Crippen molar-refractivity contribution in [1.82, 2.24) is 18.8 Å². The maximum absolute atomic E-state index is 12.6. The summed E-state index contributed by atoms with van der Waals surface area (Å²) in [5.74, 6) is 0. The van der Waals surface area contributed by atoms with Crippen LogP contribution in [0.2, 0.25) is 0 Å². The van der Waals surface area contributed by atoms with Gasteiger partial charge in [-0.15, -0.1) is 0 Å². The van der Waals surface area contributed by atoms with Gasteiger partial charge in [0.15, 0.2) is 0 Å². The number of hydrogen-bond acceptors (Lipinski definition) is 4. The van der Waals surface area contributed by atoms with Crippen LogP contribution in [0.1, 0.15) is 25.7 Å². The van der Waals surface area contributed by atoms with Crippen LogP contribution < -0.4 is 5.32 Å². The smallest absolute Gasteiger partial charge is 0.282 e. The molecule has 0 radical (unpaired) electrons. The summed E-state index contributed by atoms with van der Waals surface area (Å²) in [5, 5.41) is 3.20. The van der Waals surface area contributed by atoms with Gasteiger partial charge < -0.3 is 10.2 Å². The fourth-order valence-corrected chi connectivity index (χ4v) is 5.23. The SMILES string of the molecule is O=S(=O)(N1CCNCC1)N1CCC(N2CCCC2)CC1. The van der Waals surface area contributed by atoms with Crippen molar-refractivity contribution >= 4 is 10.2 Å². The minimum atomic E-state index is -3.22. The van der Waals surface area contributed by atoms with Crippen LogP contribution in [0, 0.1) is 0 Å². The Morgan fingerprint density at radius 2 is 1.35 bits per heavy atom. The first-order valence-electron chi connectivity index (χ1n) is 7.88. The molecule has 0 spiro atoms. The Kier molecular flexibility index (Phi) is 4.62. The molecule has 116 valence electrons. The second-order valence-corrected chi connectivity index (χ2v) is 7.96. The van der Waals surface area contributed by atoms with Crippen molar-refractivity contribution < 1.29 is 8.42 Å². The van der Waals surface area contributed by atoms with E-state index in [4.69, 9.17) is 0 Å². The highest BCUT2D eigenvalue weighted by Gasteiger charge is 2.35.